The van der Waals surface area contributed by atoms with E-state index in [1.807, 2.05) is 42.5 Å². The second kappa shape index (κ2) is 10.9. The predicted octanol–water partition coefficient (Wildman–Crippen LogP) is 4.99. The van der Waals surface area contributed by atoms with Gasteiger partial charge in [-0.15, -0.1) is 0 Å². The van der Waals surface area contributed by atoms with Crippen LogP contribution in [0.2, 0.25) is 0 Å². The second-order valence-electron chi connectivity index (χ2n) is 7.20. The van der Waals surface area contributed by atoms with Crippen molar-refractivity contribution in [1.82, 2.24) is 4.90 Å². The summed E-state index contributed by atoms with van der Waals surface area (Å²) in [5.74, 6) is 0.295. The topological polar surface area (TPSA) is 83.5 Å². The lowest BCUT2D eigenvalue weighted by molar-refractivity contribution is 0.0767. The third-order valence-electron chi connectivity index (χ3n) is 5.23. The molecule has 32 heavy (non-hydrogen) atoms. The van der Waals surface area contributed by atoms with E-state index in [4.69, 9.17) is 23.3 Å². The molecule has 0 saturated carbocycles. The summed E-state index contributed by atoms with van der Waals surface area (Å²) in [5.41, 5.74) is 2.61. The number of amides is 1. The van der Waals surface area contributed by atoms with Crippen molar-refractivity contribution >= 4 is 13.7 Å². The van der Waals surface area contributed by atoms with Gasteiger partial charge in [-0.2, -0.15) is 0 Å². The van der Waals surface area contributed by atoms with Crippen LogP contribution in [0, 0.1) is 0 Å². The van der Waals surface area contributed by atoms with Gasteiger partial charge in [-0.25, -0.2) is 4.79 Å². The monoisotopic (exact) mass is 463 g/mol. The van der Waals surface area contributed by atoms with Crippen LogP contribution in [0.4, 0.5) is 4.79 Å². The van der Waals surface area contributed by atoms with E-state index < -0.39 is 19.5 Å². The van der Waals surface area contributed by atoms with E-state index in [1.165, 1.54) is 4.90 Å². The summed E-state index contributed by atoms with van der Waals surface area (Å²) in [7, 11) is -0.531. The average Bonchev–Trinajstić information content (AvgIpc) is 2.81. The van der Waals surface area contributed by atoms with Gasteiger partial charge in [0, 0.05) is 6.42 Å². The Morgan fingerprint density at radius 2 is 1.59 bits per heavy atom. The maximum absolute atomic E-state index is 13.7. The smallest absolute Gasteiger partial charge is 0.411 e. The van der Waals surface area contributed by atoms with Gasteiger partial charge < -0.3 is 23.3 Å². The van der Waals surface area contributed by atoms with E-state index in [0.717, 1.165) is 16.7 Å². The summed E-state index contributed by atoms with van der Waals surface area (Å²) < 4.78 is 41.3. The van der Waals surface area contributed by atoms with Gasteiger partial charge in [-0.3, -0.25) is 9.46 Å². The summed E-state index contributed by atoms with van der Waals surface area (Å²) in [6, 6.07) is 13.1. The maximum Gasteiger partial charge on any atom is 0.411 e. The SMILES string of the molecule is CCOP(=O)(OCC)[C@@H]1Cc2cc(OC)c(OC)cc2CN1C(=O)OCc1ccccc1. The van der Waals surface area contributed by atoms with Crippen molar-refractivity contribution in [3.05, 3.63) is 59.2 Å². The van der Waals surface area contributed by atoms with Crippen molar-refractivity contribution in [2.45, 2.75) is 39.2 Å². The number of hydrogen-bond donors (Lipinski definition) is 0. The third-order valence-corrected chi connectivity index (χ3v) is 7.66. The van der Waals surface area contributed by atoms with Crippen LogP contribution in [-0.2, 0) is 37.9 Å². The highest BCUT2D eigenvalue weighted by Crippen LogP contribution is 2.57. The minimum absolute atomic E-state index is 0.106. The molecule has 2 aromatic carbocycles. The van der Waals surface area contributed by atoms with Crippen molar-refractivity contribution in [1.29, 1.82) is 0 Å². The van der Waals surface area contributed by atoms with Crippen molar-refractivity contribution in [3.63, 3.8) is 0 Å². The minimum atomic E-state index is -3.65. The molecule has 0 aromatic heterocycles. The Kier molecular flexibility index (Phi) is 8.18. The number of rotatable bonds is 9. The van der Waals surface area contributed by atoms with Crippen molar-refractivity contribution < 1.29 is 32.6 Å². The number of ether oxygens (including phenoxy) is 3. The van der Waals surface area contributed by atoms with Crippen LogP contribution >= 0.6 is 7.60 Å². The molecule has 9 heteroatoms. The van der Waals surface area contributed by atoms with Crippen LogP contribution in [0.3, 0.4) is 0 Å². The number of methoxy groups -OCH3 is 2. The molecule has 0 unspecified atom stereocenters. The molecule has 2 aromatic rings. The summed E-state index contributed by atoms with van der Waals surface area (Å²) in [6.45, 7) is 4.16. The average molecular weight is 463 g/mol. The molecule has 0 spiro atoms. The number of benzene rings is 2. The lowest BCUT2D eigenvalue weighted by Gasteiger charge is -2.39. The van der Waals surface area contributed by atoms with Gasteiger partial charge in [0.2, 0.25) is 0 Å². The van der Waals surface area contributed by atoms with Crippen LogP contribution in [0.15, 0.2) is 42.5 Å². The molecule has 3 rings (SSSR count). The van der Waals surface area contributed by atoms with Crippen LogP contribution < -0.4 is 9.47 Å². The summed E-state index contributed by atoms with van der Waals surface area (Å²) >= 11 is 0. The predicted molar refractivity (Wildman–Crippen MR) is 120 cm³/mol. The van der Waals surface area contributed by atoms with E-state index >= 15 is 0 Å². The minimum Gasteiger partial charge on any atom is -0.493 e. The fourth-order valence-electron chi connectivity index (χ4n) is 3.74. The normalized spacial score (nSPS) is 15.8. The van der Waals surface area contributed by atoms with Crippen LogP contribution in [0.5, 0.6) is 11.5 Å². The zero-order valence-corrected chi connectivity index (χ0v) is 19.8. The standard InChI is InChI=1S/C23H30NO7P/c1-5-30-32(26,31-6-2)22-14-18-12-20(27-3)21(28-4)13-19(18)15-24(22)23(25)29-16-17-10-8-7-9-11-17/h7-13,22H,5-6,14-16H2,1-4H3/t22-/m1/s1. The van der Waals surface area contributed by atoms with E-state index in [9.17, 15) is 9.36 Å². The number of carbonyl (C=O) groups is 1. The molecule has 0 aliphatic carbocycles. The van der Waals surface area contributed by atoms with Crippen molar-refractivity contribution in [2.75, 3.05) is 27.4 Å². The molecule has 0 saturated heterocycles. The van der Waals surface area contributed by atoms with Crippen LogP contribution in [0.1, 0.15) is 30.5 Å². The van der Waals surface area contributed by atoms with Crippen LogP contribution in [0.25, 0.3) is 0 Å². The number of fused-ring (bicyclic) bond motifs is 1. The molecular weight excluding hydrogens is 433 g/mol. The third kappa shape index (κ3) is 5.26. The first-order valence-corrected chi connectivity index (χ1v) is 12.2. The maximum atomic E-state index is 13.7. The second-order valence-corrected chi connectivity index (χ2v) is 9.40. The van der Waals surface area contributed by atoms with Gasteiger partial charge in [0.1, 0.15) is 12.4 Å². The fourth-order valence-corrected chi connectivity index (χ4v) is 5.81. The highest BCUT2D eigenvalue weighted by Gasteiger charge is 2.45. The largest absolute Gasteiger partial charge is 0.493 e. The number of nitrogens with zero attached hydrogens (tertiary/aromatic N) is 1. The first-order valence-electron chi connectivity index (χ1n) is 10.6. The quantitative estimate of drug-likeness (QED) is 0.485. The summed E-state index contributed by atoms with van der Waals surface area (Å²) in [6.07, 6.45) is -0.313. The Labute approximate surface area is 188 Å². The highest BCUT2D eigenvalue weighted by atomic mass is 31.2. The molecule has 1 heterocycles. The molecule has 1 aliphatic rings. The molecule has 0 N–H and O–H groups in total. The fraction of sp³-hybridized carbons (Fsp3) is 0.435. The Morgan fingerprint density at radius 3 is 2.16 bits per heavy atom. The zero-order valence-electron chi connectivity index (χ0n) is 18.9. The molecule has 0 bridgehead atoms. The molecule has 8 nitrogen and oxygen atoms in total. The first kappa shape index (κ1) is 24.1. The van der Waals surface area contributed by atoms with Gasteiger partial charge in [0.25, 0.3) is 0 Å². The van der Waals surface area contributed by atoms with Crippen LogP contribution in [-0.4, -0.2) is 44.2 Å². The lowest BCUT2D eigenvalue weighted by atomic mass is 9.99. The van der Waals surface area contributed by atoms with Gasteiger partial charge in [0.15, 0.2) is 11.5 Å². The van der Waals surface area contributed by atoms with Gasteiger partial charge in [0.05, 0.1) is 34.0 Å². The zero-order chi connectivity index (χ0) is 23.1. The molecule has 174 valence electrons. The van der Waals surface area contributed by atoms with E-state index in [2.05, 4.69) is 0 Å². The molecule has 1 aliphatic heterocycles. The van der Waals surface area contributed by atoms with Gasteiger partial charge in [-0.1, -0.05) is 30.3 Å². The molecule has 1 amide bonds. The summed E-state index contributed by atoms with van der Waals surface area (Å²) in [5, 5.41) is 0. The summed E-state index contributed by atoms with van der Waals surface area (Å²) in [4.78, 5) is 14.6. The molecule has 0 fully saturated rings. The Balaban J connectivity index is 1.95. The highest BCUT2D eigenvalue weighted by molar-refractivity contribution is 7.54. The molecule has 0 radical (unpaired) electrons. The molecule has 1 atom stereocenters. The Morgan fingerprint density at radius 1 is 1.00 bits per heavy atom. The van der Waals surface area contributed by atoms with Crippen molar-refractivity contribution in [3.8, 4) is 11.5 Å². The molecular formula is C23H30NO7P. The van der Waals surface area contributed by atoms with Gasteiger partial charge in [-0.05, 0) is 42.7 Å². The van der Waals surface area contributed by atoms with E-state index in [-0.39, 0.29) is 32.8 Å². The Hall–Kier alpha value is -2.54. The lowest BCUT2D eigenvalue weighted by Crippen LogP contribution is -2.45. The van der Waals surface area contributed by atoms with E-state index in [0.29, 0.717) is 11.5 Å². The Bertz CT molecular complexity index is 956. The first-order chi connectivity index (χ1) is 15.5. The van der Waals surface area contributed by atoms with E-state index in [1.54, 1.807) is 28.1 Å². The number of carbonyl (C=O) groups excluding carboxylic acids is 1. The number of hydrogen-bond acceptors (Lipinski definition) is 7. The van der Waals surface area contributed by atoms with Crippen molar-refractivity contribution in [2.24, 2.45) is 0 Å². The van der Waals surface area contributed by atoms with Gasteiger partial charge >= 0.3 is 13.7 Å².